The first-order valence-electron chi connectivity index (χ1n) is 7.15. The van der Waals surface area contributed by atoms with Crippen molar-refractivity contribution in [1.82, 2.24) is 14.9 Å². The number of nitrogens with one attached hydrogen (secondary N) is 1. The summed E-state index contributed by atoms with van der Waals surface area (Å²) < 4.78 is 21.5. The Hall–Kier alpha value is -1.88. The van der Waals surface area contributed by atoms with Gasteiger partial charge in [-0.05, 0) is 18.5 Å². The second kappa shape index (κ2) is 7.22. The van der Waals surface area contributed by atoms with Gasteiger partial charge in [0.25, 0.3) is 0 Å². The van der Waals surface area contributed by atoms with Gasteiger partial charge >= 0.3 is 0 Å². The van der Waals surface area contributed by atoms with Gasteiger partial charge in [0.2, 0.25) is 0 Å². The van der Waals surface area contributed by atoms with Crippen molar-refractivity contribution in [3.63, 3.8) is 0 Å². The quantitative estimate of drug-likeness (QED) is 0.852. The molecule has 1 N–H and O–H groups in total. The van der Waals surface area contributed by atoms with E-state index in [9.17, 15) is 4.39 Å². The highest BCUT2D eigenvalue weighted by atomic mass is 19.1. The molecule has 0 saturated carbocycles. The molecule has 0 unspecified atom stereocenters. The maximum Gasteiger partial charge on any atom is 0.165 e. The van der Waals surface area contributed by atoms with Gasteiger partial charge in [0.05, 0.1) is 0 Å². The van der Waals surface area contributed by atoms with Crippen LogP contribution in [0.15, 0.2) is 30.6 Å². The molecule has 0 saturated heterocycles. The summed E-state index contributed by atoms with van der Waals surface area (Å²) in [5.41, 5.74) is 0.824. The molecule has 0 bridgehead atoms. The summed E-state index contributed by atoms with van der Waals surface area (Å²) >= 11 is 0. The van der Waals surface area contributed by atoms with Crippen molar-refractivity contribution < 1.29 is 9.13 Å². The van der Waals surface area contributed by atoms with Crippen LogP contribution >= 0.6 is 0 Å². The highest BCUT2D eigenvalue weighted by molar-refractivity contribution is 5.35. The molecule has 0 aliphatic carbocycles. The Morgan fingerprint density at radius 3 is 2.86 bits per heavy atom. The van der Waals surface area contributed by atoms with E-state index in [2.05, 4.69) is 24.1 Å². The monoisotopic (exact) mass is 291 g/mol. The predicted octanol–water partition coefficient (Wildman–Crippen LogP) is 2.88. The molecule has 0 fully saturated rings. The van der Waals surface area contributed by atoms with Crippen molar-refractivity contribution in [3.05, 3.63) is 47.8 Å². The van der Waals surface area contributed by atoms with Crippen LogP contribution in [0, 0.1) is 11.7 Å². The fourth-order valence-corrected chi connectivity index (χ4v) is 2.02. The third-order valence-electron chi connectivity index (χ3n) is 3.18. The number of hydrogen-bond acceptors (Lipinski definition) is 3. The van der Waals surface area contributed by atoms with E-state index in [-0.39, 0.29) is 12.4 Å². The first-order valence-corrected chi connectivity index (χ1v) is 7.15. The number of hydrogen-bond donors (Lipinski definition) is 1. The van der Waals surface area contributed by atoms with Crippen LogP contribution in [0.4, 0.5) is 4.39 Å². The Kier molecular flexibility index (Phi) is 5.33. The number of para-hydroxylation sites is 1. The van der Waals surface area contributed by atoms with Crippen LogP contribution in [-0.2, 0) is 20.2 Å². The van der Waals surface area contributed by atoms with Crippen molar-refractivity contribution in [3.8, 4) is 5.75 Å². The van der Waals surface area contributed by atoms with Crippen molar-refractivity contribution >= 4 is 0 Å². The molecule has 0 radical (unpaired) electrons. The van der Waals surface area contributed by atoms with E-state index < -0.39 is 0 Å². The molecule has 1 heterocycles. The Balaban J connectivity index is 2.05. The molecule has 2 rings (SSSR count). The SMILES string of the molecule is CC(C)CNCc1cccc(F)c1OCc1nccn1C. The van der Waals surface area contributed by atoms with E-state index in [0.717, 1.165) is 17.9 Å². The Morgan fingerprint density at radius 1 is 1.38 bits per heavy atom. The van der Waals surface area contributed by atoms with E-state index in [1.807, 2.05) is 23.9 Å². The van der Waals surface area contributed by atoms with Gasteiger partial charge < -0.3 is 14.6 Å². The highest BCUT2D eigenvalue weighted by Gasteiger charge is 2.11. The second-order valence-corrected chi connectivity index (χ2v) is 5.50. The van der Waals surface area contributed by atoms with Crippen LogP contribution in [0.25, 0.3) is 0 Å². The van der Waals surface area contributed by atoms with Crippen LogP contribution in [0.3, 0.4) is 0 Å². The summed E-state index contributed by atoms with van der Waals surface area (Å²) in [5, 5.41) is 3.31. The van der Waals surface area contributed by atoms with Gasteiger partial charge in [-0.25, -0.2) is 9.37 Å². The molecule has 1 aromatic heterocycles. The first-order chi connectivity index (χ1) is 10.1. The van der Waals surface area contributed by atoms with Gasteiger partial charge in [-0.1, -0.05) is 26.0 Å². The molecule has 114 valence electrons. The number of rotatable bonds is 7. The Bertz CT molecular complexity index is 581. The fourth-order valence-electron chi connectivity index (χ4n) is 2.02. The van der Waals surface area contributed by atoms with E-state index in [0.29, 0.717) is 18.2 Å². The van der Waals surface area contributed by atoms with Crippen molar-refractivity contribution in [1.29, 1.82) is 0 Å². The van der Waals surface area contributed by atoms with Gasteiger partial charge in [0.1, 0.15) is 12.4 Å². The molecule has 4 nitrogen and oxygen atoms in total. The van der Waals surface area contributed by atoms with E-state index >= 15 is 0 Å². The lowest BCUT2D eigenvalue weighted by Crippen LogP contribution is -2.19. The van der Waals surface area contributed by atoms with E-state index in [1.165, 1.54) is 6.07 Å². The van der Waals surface area contributed by atoms with Crippen LogP contribution in [0.1, 0.15) is 25.2 Å². The number of nitrogens with zero attached hydrogens (tertiary/aromatic N) is 2. The van der Waals surface area contributed by atoms with Crippen molar-refractivity contribution in [2.24, 2.45) is 13.0 Å². The normalized spacial score (nSPS) is 11.1. The number of ether oxygens (including phenoxy) is 1. The maximum atomic E-state index is 14.0. The van der Waals surface area contributed by atoms with Crippen LogP contribution < -0.4 is 10.1 Å². The summed E-state index contributed by atoms with van der Waals surface area (Å²) in [5.74, 6) is 1.28. The first kappa shape index (κ1) is 15.5. The second-order valence-electron chi connectivity index (χ2n) is 5.50. The van der Waals surface area contributed by atoms with Gasteiger partial charge in [0.15, 0.2) is 11.6 Å². The van der Waals surface area contributed by atoms with E-state index in [1.54, 1.807) is 12.3 Å². The largest absolute Gasteiger partial charge is 0.482 e. The van der Waals surface area contributed by atoms with E-state index in [4.69, 9.17) is 4.74 Å². The molecular formula is C16H22FN3O. The molecule has 5 heteroatoms. The summed E-state index contributed by atoms with van der Waals surface area (Å²) in [6, 6.07) is 5.00. The third-order valence-corrected chi connectivity index (χ3v) is 3.18. The lowest BCUT2D eigenvalue weighted by atomic mass is 10.1. The minimum absolute atomic E-state index is 0.252. The van der Waals surface area contributed by atoms with Crippen molar-refractivity contribution in [2.45, 2.75) is 27.0 Å². The minimum atomic E-state index is -0.340. The average Bonchev–Trinajstić information content (AvgIpc) is 2.83. The van der Waals surface area contributed by atoms with Gasteiger partial charge in [0, 0.05) is 31.5 Å². The van der Waals surface area contributed by atoms with Crippen LogP contribution in [-0.4, -0.2) is 16.1 Å². The summed E-state index contributed by atoms with van der Waals surface area (Å²) in [7, 11) is 1.89. The Morgan fingerprint density at radius 2 is 2.19 bits per heavy atom. The molecular weight excluding hydrogens is 269 g/mol. The molecule has 1 aromatic carbocycles. The number of benzene rings is 1. The summed E-state index contributed by atoms with van der Waals surface area (Å²) in [6.07, 6.45) is 3.54. The smallest absolute Gasteiger partial charge is 0.165 e. The van der Waals surface area contributed by atoms with Gasteiger partial charge in [-0.3, -0.25) is 0 Å². The minimum Gasteiger partial charge on any atom is -0.482 e. The Labute approximate surface area is 125 Å². The molecule has 0 atom stereocenters. The number of aryl methyl sites for hydroxylation is 1. The summed E-state index contributed by atoms with van der Waals surface area (Å²) in [4.78, 5) is 4.18. The number of imidazole rings is 1. The topological polar surface area (TPSA) is 39.1 Å². The zero-order chi connectivity index (χ0) is 15.2. The lowest BCUT2D eigenvalue weighted by molar-refractivity contribution is 0.273. The predicted molar refractivity (Wildman–Crippen MR) is 80.5 cm³/mol. The third kappa shape index (κ3) is 4.29. The van der Waals surface area contributed by atoms with Crippen LogP contribution in [0.2, 0.25) is 0 Å². The van der Waals surface area contributed by atoms with Gasteiger partial charge in [-0.2, -0.15) is 0 Å². The zero-order valence-corrected chi connectivity index (χ0v) is 12.8. The average molecular weight is 291 g/mol. The van der Waals surface area contributed by atoms with Crippen molar-refractivity contribution in [2.75, 3.05) is 6.54 Å². The molecule has 0 aliphatic heterocycles. The molecule has 0 aliphatic rings. The number of halogens is 1. The molecule has 2 aromatic rings. The zero-order valence-electron chi connectivity index (χ0n) is 12.8. The highest BCUT2D eigenvalue weighted by Crippen LogP contribution is 2.23. The molecule has 0 spiro atoms. The van der Waals surface area contributed by atoms with Gasteiger partial charge in [-0.15, -0.1) is 0 Å². The maximum absolute atomic E-state index is 14.0. The standard InChI is InChI=1S/C16H22FN3O/c1-12(2)9-18-10-13-5-4-6-14(17)16(13)21-11-15-19-7-8-20(15)3/h4-8,12,18H,9-11H2,1-3H3. The molecule has 21 heavy (non-hydrogen) atoms. The fraction of sp³-hybridized carbons (Fsp3) is 0.438. The van der Waals surface area contributed by atoms with Crippen LogP contribution in [0.5, 0.6) is 5.75 Å². The lowest BCUT2D eigenvalue weighted by Gasteiger charge is -2.14. The molecule has 0 amide bonds. The number of aromatic nitrogens is 2. The summed E-state index contributed by atoms with van der Waals surface area (Å²) in [6.45, 7) is 6.00.